The monoisotopic (exact) mass is 277 g/mol. The summed E-state index contributed by atoms with van der Waals surface area (Å²) in [5.74, 6) is -0.0377. The van der Waals surface area contributed by atoms with Crippen LogP contribution in [0.3, 0.4) is 0 Å². The van der Waals surface area contributed by atoms with Crippen LogP contribution in [-0.4, -0.2) is 55.2 Å². The molecule has 1 aromatic rings. The number of nitrogens with zero attached hydrogens (tertiary/aromatic N) is 1. The van der Waals surface area contributed by atoms with Crippen LogP contribution in [0.15, 0.2) is 30.3 Å². The summed E-state index contributed by atoms with van der Waals surface area (Å²) in [4.78, 5) is 14.1. The van der Waals surface area contributed by atoms with Gasteiger partial charge in [-0.3, -0.25) is 4.79 Å². The van der Waals surface area contributed by atoms with E-state index in [0.29, 0.717) is 19.5 Å². The lowest BCUT2D eigenvalue weighted by atomic mass is 10.1. The molecule has 0 spiro atoms. The molecule has 1 saturated heterocycles. The van der Waals surface area contributed by atoms with Gasteiger partial charge >= 0.3 is 0 Å². The van der Waals surface area contributed by atoms with E-state index in [1.165, 1.54) is 5.56 Å². The van der Waals surface area contributed by atoms with Crippen LogP contribution >= 0.6 is 0 Å². The zero-order valence-corrected chi connectivity index (χ0v) is 12.0. The van der Waals surface area contributed by atoms with Crippen molar-refractivity contribution in [1.29, 1.82) is 0 Å². The average molecular weight is 277 g/mol. The maximum absolute atomic E-state index is 12.0. The van der Waals surface area contributed by atoms with Crippen molar-refractivity contribution in [2.45, 2.75) is 24.6 Å². The number of β-amino-alcohol motifs (C(OH)–C–C–N with tert-alkyl or cyclic N) is 1. The normalized spacial score (nSPS) is 23.8. The van der Waals surface area contributed by atoms with Gasteiger partial charge in [0.25, 0.3) is 0 Å². The molecule has 1 aromatic carbocycles. The molecule has 0 saturated carbocycles. The van der Waals surface area contributed by atoms with Gasteiger partial charge in [-0.05, 0) is 26.1 Å². The largest absolute Gasteiger partial charge is 0.392 e. The zero-order valence-electron chi connectivity index (χ0n) is 12.0. The fraction of sp³-hybridized carbons (Fsp3) is 0.533. The number of likely N-dealkylation sites (N-methyl/N-ethyl adjacent to an activating group) is 1. The van der Waals surface area contributed by atoms with Gasteiger partial charge in [0.05, 0.1) is 18.2 Å². The number of rotatable bonds is 5. The van der Waals surface area contributed by atoms with Crippen molar-refractivity contribution < 1.29 is 9.90 Å². The molecule has 3 N–H and O–H groups in total. The Balaban J connectivity index is 1.91. The third-order valence-electron chi connectivity index (χ3n) is 3.70. The Morgan fingerprint density at radius 2 is 2.15 bits per heavy atom. The topological polar surface area (TPSA) is 64.6 Å². The highest BCUT2D eigenvalue weighted by atomic mass is 16.3. The molecule has 0 bridgehead atoms. The van der Waals surface area contributed by atoms with Crippen LogP contribution in [0.5, 0.6) is 0 Å². The van der Waals surface area contributed by atoms with E-state index in [-0.39, 0.29) is 18.0 Å². The zero-order chi connectivity index (χ0) is 14.5. The molecule has 1 amide bonds. The van der Waals surface area contributed by atoms with Gasteiger partial charge < -0.3 is 20.6 Å². The summed E-state index contributed by atoms with van der Waals surface area (Å²) >= 11 is 0. The van der Waals surface area contributed by atoms with Gasteiger partial charge in [0.15, 0.2) is 0 Å². The van der Waals surface area contributed by atoms with Crippen LogP contribution in [-0.2, 0) is 4.79 Å². The second kappa shape index (κ2) is 6.83. The Morgan fingerprint density at radius 1 is 1.45 bits per heavy atom. The van der Waals surface area contributed by atoms with Crippen molar-refractivity contribution in [2.75, 3.05) is 27.2 Å². The Labute approximate surface area is 120 Å². The Bertz CT molecular complexity index is 436. The summed E-state index contributed by atoms with van der Waals surface area (Å²) in [5.41, 5.74) is 1.18. The predicted molar refractivity (Wildman–Crippen MR) is 78.3 cm³/mol. The molecule has 5 nitrogen and oxygen atoms in total. The van der Waals surface area contributed by atoms with Gasteiger partial charge in [-0.25, -0.2) is 0 Å². The van der Waals surface area contributed by atoms with E-state index in [1.54, 1.807) is 0 Å². The molecule has 1 aliphatic heterocycles. The Hall–Kier alpha value is -1.43. The van der Waals surface area contributed by atoms with Gasteiger partial charge in [0.1, 0.15) is 0 Å². The van der Waals surface area contributed by atoms with E-state index in [0.717, 1.165) is 0 Å². The fourth-order valence-electron chi connectivity index (χ4n) is 2.51. The van der Waals surface area contributed by atoms with Crippen LogP contribution in [0, 0.1) is 0 Å². The molecule has 3 unspecified atom stereocenters. The number of aliphatic hydroxyl groups excluding tert-OH is 1. The van der Waals surface area contributed by atoms with E-state index >= 15 is 0 Å². The molecule has 20 heavy (non-hydrogen) atoms. The minimum atomic E-state index is -0.412. The third-order valence-corrected chi connectivity index (χ3v) is 3.70. The molecule has 0 radical (unpaired) electrons. The second-order valence-corrected chi connectivity index (χ2v) is 5.49. The number of carbonyl (C=O) groups is 1. The first-order valence-electron chi connectivity index (χ1n) is 6.98. The summed E-state index contributed by atoms with van der Waals surface area (Å²) in [7, 11) is 4.00. The maximum Gasteiger partial charge on any atom is 0.237 e. The first-order valence-corrected chi connectivity index (χ1v) is 6.98. The lowest BCUT2D eigenvalue weighted by Gasteiger charge is -2.25. The van der Waals surface area contributed by atoms with Crippen molar-refractivity contribution in [3.63, 3.8) is 0 Å². The summed E-state index contributed by atoms with van der Waals surface area (Å²) in [6, 6.07) is 9.99. The van der Waals surface area contributed by atoms with Crippen LogP contribution < -0.4 is 10.6 Å². The lowest BCUT2D eigenvalue weighted by Crippen LogP contribution is -2.43. The second-order valence-electron chi connectivity index (χ2n) is 5.49. The number of hydrogen-bond acceptors (Lipinski definition) is 4. The maximum atomic E-state index is 12.0. The van der Waals surface area contributed by atoms with E-state index in [1.807, 2.05) is 32.3 Å². The predicted octanol–water partition coefficient (Wildman–Crippen LogP) is 0.128. The standard InChI is InChI=1S/C15H23N3O2/c1-18(2)14(11-6-4-3-5-7-11)10-17-15(20)13-8-12(19)9-16-13/h3-7,12-14,16,19H,8-10H2,1-2H3,(H,17,20). The number of hydrogen-bond donors (Lipinski definition) is 3. The van der Waals surface area contributed by atoms with Gasteiger partial charge in [-0.1, -0.05) is 30.3 Å². The van der Waals surface area contributed by atoms with Crippen molar-refractivity contribution in [2.24, 2.45) is 0 Å². The SMILES string of the molecule is CN(C)C(CNC(=O)C1CC(O)CN1)c1ccccc1. The highest BCUT2D eigenvalue weighted by Crippen LogP contribution is 2.17. The van der Waals surface area contributed by atoms with Crippen LogP contribution in [0.4, 0.5) is 0 Å². The van der Waals surface area contributed by atoms with Gasteiger partial charge in [0, 0.05) is 13.1 Å². The van der Waals surface area contributed by atoms with E-state index < -0.39 is 6.10 Å². The van der Waals surface area contributed by atoms with E-state index in [4.69, 9.17) is 0 Å². The van der Waals surface area contributed by atoms with Crippen molar-refractivity contribution in [3.05, 3.63) is 35.9 Å². The molecule has 110 valence electrons. The van der Waals surface area contributed by atoms with Gasteiger partial charge in [-0.15, -0.1) is 0 Å². The molecule has 5 heteroatoms. The fourth-order valence-corrected chi connectivity index (χ4v) is 2.51. The first kappa shape index (κ1) is 15.0. The molecule has 1 heterocycles. The third kappa shape index (κ3) is 3.79. The lowest BCUT2D eigenvalue weighted by molar-refractivity contribution is -0.123. The van der Waals surface area contributed by atoms with E-state index in [2.05, 4.69) is 27.7 Å². The minimum Gasteiger partial charge on any atom is -0.392 e. The summed E-state index contributed by atoms with van der Waals surface area (Å²) < 4.78 is 0. The van der Waals surface area contributed by atoms with Crippen molar-refractivity contribution in [1.82, 2.24) is 15.5 Å². The molecule has 3 atom stereocenters. The molecule has 1 fully saturated rings. The Morgan fingerprint density at radius 3 is 2.70 bits per heavy atom. The van der Waals surface area contributed by atoms with Crippen molar-refractivity contribution >= 4 is 5.91 Å². The molecule has 1 aliphatic rings. The molecular weight excluding hydrogens is 254 g/mol. The quantitative estimate of drug-likeness (QED) is 0.716. The molecular formula is C15H23N3O2. The van der Waals surface area contributed by atoms with Crippen LogP contribution in [0.1, 0.15) is 18.0 Å². The van der Waals surface area contributed by atoms with Gasteiger partial charge in [0.2, 0.25) is 5.91 Å². The first-order chi connectivity index (χ1) is 9.58. The summed E-state index contributed by atoms with van der Waals surface area (Å²) in [6.07, 6.45) is 0.0774. The smallest absolute Gasteiger partial charge is 0.237 e. The summed E-state index contributed by atoms with van der Waals surface area (Å²) in [5, 5.41) is 15.4. The van der Waals surface area contributed by atoms with E-state index in [9.17, 15) is 9.90 Å². The highest BCUT2D eigenvalue weighted by Gasteiger charge is 2.28. The number of amides is 1. The highest BCUT2D eigenvalue weighted by molar-refractivity contribution is 5.82. The van der Waals surface area contributed by atoms with Gasteiger partial charge in [-0.2, -0.15) is 0 Å². The molecule has 0 aromatic heterocycles. The van der Waals surface area contributed by atoms with Crippen LogP contribution in [0.2, 0.25) is 0 Å². The summed E-state index contributed by atoms with van der Waals surface area (Å²) in [6.45, 7) is 1.05. The number of carbonyl (C=O) groups excluding carboxylic acids is 1. The number of nitrogens with one attached hydrogen (secondary N) is 2. The van der Waals surface area contributed by atoms with Crippen LogP contribution in [0.25, 0.3) is 0 Å². The van der Waals surface area contributed by atoms with Crippen molar-refractivity contribution in [3.8, 4) is 0 Å². The number of benzene rings is 1. The molecule has 2 rings (SSSR count). The molecule has 0 aliphatic carbocycles. The Kier molecular flexibility index (Phi) is 5.11. The average Bonchev–Trinajstić information content (AvgIpc) is 2.86. The number of aliphatic hydroxyl groups is 1. The minimum absolute atomic E-state index is 0.0377.